The van der Waals surface area contributed by atoms with Crippen molar-refractivity contribution in [3.8, 4) is 5.75 Å². The number of nitrogen functional groups attached to an aromatic ring is 1. The predicted octanol–water partition coefficient (Wildman–Crippen LogP) is 1.05. The molecule has 11 heteroatoms. The van der Waals surface area contributed by atoms with Crippen molar-refractivity contribution in [1.82, 2.24) is 19.9 Å². The Balaban J connectivity index is 1.94. The summed E-state index contributed by atoms with van der Waals surface area (Å²) in [5.41, 5.74) is 5.04. The van der Waals surface area contributed by atoms with Crippen molar-refractivity contribution in [2.45, 2.75) is 0 Å². The molecule has 0 amide bonds. The van der Waals surface area contributed by atoms with Gasteiger partial charge in [0.2, 0.25) is 11.9 Å². The molecule has 0 bridgehead atoms. The second-order valence-electron chi connectivity index (χ2n) is 4.42. The molecule has 0 saturated carbocycles. The average molecular weight is 315 g/mol. The molecular weight excluding hydrogens is 306 g/mol. The van der Waals surface area contributed by atoms with Crippen LogP contribution in [0.3, 0.4) is 0 Å². The van der Waals surface area contributed by atoms with Gasteiger partial charge in [0.05, 0.1) is 5.69 Å². The summed E-state index contributed by atoms with van der Waals surface area (Å²) >= 11 is 0. The predicted molar refractivity (Wildman–Crippen MR) is 78.2 cm³/mol. The number of carboxylic acid groups (broad SMARTS) is 1. The lowest BCUT2D eigenvalue weighted by Crippen LogP contribution is -2.10. The number of benzene rings is 1. The van der Waals surface area contributed by atoms with E-state index >= 15 is 0 Å². The number of carboxylic acids is 1. The Morgan fingerprint density at radius 1 is 1.22 bits per heavy atom. The molecule has 0 saturated heterocycles. The van der Waals surface area contributed by atoms with Crippen molar-refractivity contribution in [2.24, 2.45) is 10.2 Å². The number of phenols is 1. The van der Waals surface area contributed by atoms with E-state index in [1.54, 1.807) is 0 Å². The lowest BCUT2D eigenvalue weighted by atomic mass is 10.2. The number of azo groups is 1. The minimum atomic E-state index is -1.26. The topological polar surface area (TPSA) is 183 Å². The van der Waals surface area contributed by atoms with E-state index < -0.39 is 17.3 Å². The van der Waals surface area contributed by atoms with E-state index in [0.717, 1.165) is 6.07 Å². The number of aromatic carboxylic acids is 1. The number of carbonyl (C=O) groups is 1. The first-order chi connectivity index (χ1) is 10.9. The Bertz CT molecular complexity index is 1000. The highest BCUT2D eigenvalue weighted by Gasteiger charge is 2.10. The lowest BCUT2D eigenvalue weighted by Gasteiger charge is -1.99. The first kappa shape index (κ1) is 14.2. The van der Waals surface area contributed by atoms with Crippen molar-refractivity contribution >= 4 is 34.7 Å². The molecule has 0 spiro atoms. The Kier molecular flexibility index (Phi) is 3.22. The standard InChI is InChI=1S/C12H9N7O4/c13-11-15-8-7(9(21)17-11)14-12(16-8)19-18-4-1-2-5(10(22)23)6(20)3-4/h1-3,20H,(H,22,23)(H4,13,14,15,16,17,21). The molecule has 0 atom stereocenters. The number of hydrogen-bond donors (Lipinski definition) is 5. The third-order valence-electron chi connectivity index (χ3n) is 2.84. The van der Waals surface area contributed by atoms with Gasteiger partial charge in [-0.05, 0) is 12.1 Å². The normalized spacial score (nSPS) is 11.3. The molecule has 2 aromatic heterocycles. The number of rotatable bonds is 3. The number of fused-ring (bicyclic) bond motifs is 1. The van der Waals surface area contributed by atoms with Crippen LogP contribution in [0.1, 0.15) is 10.4 Å². The van der Waals surface area contributed by atoms with Crippen LogP contribution < -0.4 is 11.3 Å². The third kappa shape index (κ3) is 2.70. The van der Waals surface area contributed by atoms with Gasteiger partial charge in [0.25, 0.3) is 5.56 Å². The number of anilines is 1. The molecule has 2 heterocycles. The van der Waals surface area contributed by atoms with Gasteiger partial charge < -0.3 is 20.9 Å². The van der Waals surface area contributed by atoms with E-state index in [1.165, 1.54) is 12.1 Å². The molecule has 3 rings (SSSR count). The highest BCUT2D eigenvalue weighted by atomic mass is 16.4. The Morgan fingerprint density at radius 3 is 2.70 bits per heavy atom. The van der Waals surface area contributed by atoms with Gasteiger partial charge >= 0.3 is 5.97 Å². The molecule has 1 aromatic carbocycles. The van der Waals surface area contributed by atoms with Crippen LogP contribution in [-0.4, -0.2) is 36.1 Å². The van der Waals surface area contributed by atoms with Crippen LogP contribution in [0.2, 0.25) is 0 Å². The molecular formula is C12H9N7O4. The molecule has 0 aliphatic rings. The van der Waals surface area contributed by atoms with Crippen LogP contribution in [0.4, 0.5) is 17.6 Å². The van der Waals surface area contributed by atoms with Crippen LogP contribution in [-0.2, 0) is 0 Å². The van der Waals surface area contributed by atoms with Crippen LogP contribution in [0.5, 0.6) is 5.75 Å². The average Bonchev–Trinajstić information content (AvgIpc) is 2.88. The van der Waals surface area contributed by atoms with E-state index in [0.29, 0.717) is 0 Å². The lowest BCUT2D eigenvalue weighted by molar-refractivity contribution is 0.0694. The zero-order valence-electron chi connectivity index (χ0n) is 11.3. The first-order valence-electron chi connectivity index (χ1n) is 6.17. The monoisotopic (exact) mass is 315 g/mol. The third-order valence-corrected chi connectivity index (χ3v) is 2.84. The first-order valence-corrected chi connectivity index (χ1v) is 6.17. The van der Waals surface area contributed by atoms with Gasteiger partial charge in [-0.2, -0.15) is 9.97 Å². The number of aromatic nitrogens is 4. The molecule has 116 valence electrons. The van der Waals surface area contributed by atoms with Gasteiger partial charge in [-0.3, -0.25) is 9.78 Å². The number of nitrogens with two attached hydrogens (primary N) is 1. The molecule has 3 aromatic rings. The second kappa shape index (κ2) is 5.22. The van der Waals surface area contributed by atoms with E-state index in [1.807, 2.05) is 0 Å². The summed E-state index contributed by atoms with van der Waals surface area (Å²) in [7, 11) is 0. The molecule has 0 aliphatic heterocycles. The van der Waals surface area contributed by atoms with Gasteiger partial charge in [-0.15, -0.1) is 10.2 Å². The van der Waals surface area contributed by atoms with Crippen LogP contribution in [0.25, 0.3) is 11.2 Å². The number of imidazole rings is 1. The van der Waals surface area contributed by atoms with Crippen LogP contribution in [0, 0.1) is 0 Å². The molecule has 0 aliphatic carbocycles. The molecule has 11 nitrogen and oxygen atoms in total. The van der Waals surface area contributed by atoms with E-state index in [9.17, 15) is 14.7 Å². The SMILES string of the molecule is Nc1nc2nc(N=Nc3ccc(C(=O)O)c(O)c3)[nH]c2c(=O)[nH]1. The number of nitrogens with one attached hydrogen (secondary N) is 2. The molecule has 0 unspecified atom stereocenters. The summed E-state index contributed by atoms with van der Waals surface area (Å²) in [6.45, 7) is 0. The molecule has 0 radical (unpaired) electrons. The van der Waals surface area contributed by atoms with Crippen LogP contribution in [0.15, 0.2) is 33.2 Å². The number of hydrogen-bond acceptors (Lipinski definition) is 8. The Hall–Kier alpha value is -3.76. The van der Waals surface area contributed by atoms with Crippen molar-refractivity contribution in [2.75, 3.05) is 5.73 Å². The summed E-state index contributed by atoms with van der Waals surface area (Å²) in [5.74, 6) is -1.77. The highest BCUT2D eigenvalue weighted by molar-refractivity contribution is 5.91. The minimum Gasteiger partial charge on any atom is -0.507 e. The zero-order chi connectivity index (χ0) is 16.6. The van der Waals surface area contributed by atoms with Crippen molar-refractivity contribution in [3.05, 3.63) is 34.1 Å². The van der Waals surface area contributed by atoms with Gasteiger partial charge in [-0.1, -0.05) is 0 Å². The summed E-state index contributed by atoms with van der Waals surface area (Å²) in [6, 6.07) is 3.69. The maximum Gasteiger partial charge on any atom is 0.339 e. The maximum absolute atomic E-state index is 11.6. The summed E-state index contributed by atoms with van der Waals surface area (Å²) in [4.78, 5) is 35.1. The van der Waals surface area contributed by atoms with Gasteiger partial charge in [0.15, 0.2) is 11.2 Å². The smallest absolute Gasteiger partial charge is 0.339 e. The van der Waals surface area contributed by atoms with Gasteiger partial charge in [-0.25, -0.2) is 4.79 Å². The van der Waals surface area contributed by atoms with Crippen molar-refractivity contribution in [1.29, 1.82) is 0 Å². The number of aromatic amines is 2. The van der Waals surface area contributed by atoms with E-state index in [4.69, 9.17) is 10.8 Å². The van der Waals surface area contributed by atoms with E-state index in [-0.39, 0.29) is 34.3 Å². The fourth-order valence-corrected chi connectivity index (χ4v) is 1.83. The summed E-state index contributed by atoms with van der Waals surface area (Å²) in [5, 5.41) is 25.9. The van der Waals surface area contributed by atoms with Crippen LogP contribution >= 0.6 is 0 Å². The second-order valence-corrected chi connectivity index (χ2v) is 4.42. The highest BCUT2D eigenvalue weighted by Crippen LogP contribution is 2.25. The largest absolute Gasteiger partial charge is 0.507 e. The maximum atomic E-state index is 11.6. The van der Waals surface area contributed by atoms with Gasteiger partial charge in [0, 0.05) is 6.07 Å². The van der Waals surface area contributed by atoms with Crippen molar-refractivity contribution in [3.63, 3.8) is 0 Å². The number of H-pyrrole nitrogens is 2. The zero-order valence-corrected chi connectivity index (χ0v) is 11.3. The Morgan fingerprint density at radius 2 is 2.00 bits per heavy atom. The minimum absolute atomic E-state index is 0.00500. The van der Waals surface area contributed by atoms with Crippen molar-refractivity contribution < 1.29 is 15.0 Å². The molecule has 6 N–H and O–H groups in total. The van der Waals surface area contributed by atoms with E-state index in [2.05, 4.69) is 30.2 Å². The summed E-state index contributed by atoms with van der Waals surface area (Å²) < 4.78 is 0. The fraction of sp³-hybridized carbons (Fsp3) is 0. The number of aromatic hydroxyl groups is 1. The quantitative estimate of drug-likeness (QED) is 0.447. The number of nitrogens with zero attached hydrogens (tertiary/aromatic N) is 4. The summed E-state index contributed by atoms with van der Waals surface area (Å²) in [6.07, 6.45) is 0. The fourth-order valence-electron chi connectivity index (χ4n) is 1.83. The van der Waals surface area contributed by atoms with Gasteiger partial charge in [0.1, 0.15) is 11.3 Å². The molecule has 23 heavy (non-hydrogen) atoms. The molecule has 0 fully saturated rings. The Labute approximate surface area is 126 Å².